The number of carboxylic acid groups (broad SMARTS) is 1. The summed E-state index contributed by atoms with van der Waals surface area (Å²) >= 11 is 0. The van der Waals surface area contributed by atoms with Crippen molar-refractivity contribution in [3.8, 4) is 16.9 Å². The molecule has 0 fully saturated rings. The second-order valence-electron chi connectivity index (χ2n) is 7.38. The van der Waals surface area contributed by atoms with Crippen molar-refractivity contribution in [1.82, 2.24) is 14.3 Å². The smallest absolute Gasteiger partial charge is 0.328 e. The van der Waals surface area contributed by atoms with Gasteiger partial charge in [-0.25, -0.2) is 9.48 Å². The minimum atomic E-state index is -0.986. The normalized spacial score (nSPS) is 11.6. The van der Waals surface area contributed by atoms with Gasteiger partial charge in [0.2, 0.25) is 0 Å². The molecule has 2 aromatic heterocycles. The van der Waals surface area contributed by atoms with Crippen LogP contribution in [0.25, 0.3) is 44.8 Å². The molecule has 152 valence electrons. The van der Waals surface area contributed by atoms with E-state index in [2.05, 4.69) is 54.0 Å². The lowest BCUT2D eigenvalue weighted by atomic mass is 10.0. The molecule has 0 aliphatic heterocycles. The van der Waals surface area contributed by atoms with Gasteiger partial charge in [0, 0.05) is 51.8 Å². The molecular weight excluding hydrogens is 386 g/mol. The minimum Gasteiger partial charge on any atom is -0.478 e. The van der Waals surface area contributed by atoms with Crippen LogP contribution in [0.3, 0.4) is 0 Å². The highest BCUT2D eigenvalue weighted by Gasteiger charge is 2.15. The Morgan fingerprint density at radius 1 is 0.968 bits per heavy atom. The van der Waals surface area contributed by atoms with Crippen LogP contribution in [0.15, 0.2) is 85.1 Å². The van der Waals surface area contributed by atoms with E-state index in [1.165, 1.54) is 16.4 Å². The van der Waals surface area contributed by atoms with Crippen LogP contribution in [-0.2, 0) is 11.3 Å². The van der Waals surface area contributed by atoms with E-state index in [1.54, 1.807) is 10.8 Å². The lowest BCUT2D eigenvalue weighted by Crippen LogP contribution is -1.94. The van der Waals surface area contributed by atoms with Crippen molar-refractivity contribution < 1.29 is 9.90 Å². The Balaban J connectivity index is 1.72. The second kappa shape index (κ2) is 7.61. The summed E-state index contributed by atoms with van der Waals surface area (Å²) in [4.78, 5) is 11.1. The molecule has 0 radical (unpaired) electrons. The molecule has 31 heavy (non-hydrogen) atoms. The van der Waals surface area contributed by atoms with Crippen LogP contribution < -0.4 is 0 Å². The van der Waals surface area contributed by atoms with Gasteiger partial charge in [-0.05, 0) is 43.3 Å². The average molecular weight is 407 g/mol. The first-order valence-electron chi connectivity index (χ1n) is 10.2. The molecule has 0 amide bonds. The summed E-state index contributed by atoms with van der Waals surface area (Å²) in [6.45, 7) is 3.04. The summed E-state index contributed by atoms with van der Waals surface area (Å²) in [7, 11) is 0. The van der Waals surface area contributed by atoms with Gasteiger partial charge in [0.05, 0.1) is 11.4 Å². The van der Waals surface area contributed by atoms with E-state index in [4.69, 9.17) is 10.2 Å². The Hall–Kier alpha value is -4.12. The fraction of sp³-hybridized carbons (Fsp3) is 0.0769. The molecule has 0 spiro atoms. The van der Waals surface area contributed by atoms with Gasteiger partial charge in [-0.15, -0.1) is 0 Å². The maximum absolute atomic E-state index is 11.1. The van der Waals surface area contributed by atoms with Crippen molar-refractivity contribution in [2.24, 2.45) is 0 Å². The number of aliphatic carboxylic acids is 1. The maximum Gasteiger partial charge on any atom is 0.328 e. The molecule has 3 aromatic carbocycles. The summed E-state index contributed by atoms with van der Waals surface area (Å²) in [6.07, 6.45) is 4.62. The minimum absolute atomic E-state index is 0.747. The van der Waals surface area contributed by atoms with E-state index < -0.39 is 5.97 Å². The molecule has 0 saturated heterocycles. The van der Waals surface area contributed by atoms with Gasteiger partial charge in [-0.2, -0.15) is 5.10 Å². The van der Waals surface area contributed by atoms with E-state index in [0.717, 1.165) is 40.5 Å². The van der Waals surface area contributed by atoms with Crippen molar-refractivity contribution in [2.75, 3.05) is 0 Å². The van der Waals surface area contributed by atoms with Crippen LogP contribution >= 0.6 is 0 Å². The fourth-order valence-corrected chi connectivity index (χ4v) is 4.15. The molecule has 5 heteroatoms. The highest BCUT2D eigenvalue weighted by molar-refractivity contribution is 6.09. The van der Waals surface area contributed by atoms with Gasteiger partial charge >= 0.3 is 5.97 Å². The number of carbonyl (C=O) groups is 1. The molecule has 5 nitrogen and oxygen atoms in total. The fourth-order valence-electron chi connectivity index (χ4n) is 4.15. The lowest BCUT2D eigenvalue weighted by Gasteiger charge is -2.04. The van der Waals surface area contributed by atoms with Crippen molar-refractivity contribution in [2.45, 2.75) is 13.5 Å². The summed E-state index contributed by atoms with van der Waals surface area (Å²) in [5.74, 6) is -0.986. The SMILES string of the molecule is CCn1c2ccccc2c2cc(-c3nn(-c4ccccc4)cc3C=CC(=O)O)ccc21. The van der Waals surface area contributed by atoms with Crippen LogP contribution in [0.2, 0.25) is 0 Å². The monoisotopic (exact) mass is 407 g/mol. The predicted octanol–water partition coefficient (Wildman–Crippen LogP) is 5.76. The summed E-state index contributed by atoms with van der Waals surface area (Å²) < 4.78 is 4.10. The predicted molar refractivity (Wildman–Crippen MR) is 124 cm³/mol. The highest BCUT2D eigenvalue weighted by Crippen LogP contribution is 2.33. The molecular formula is C26H21N3O2. The number of para-hydroxylation sites is 2. The largest absolute Gasteiger partial charge is 0.478 e. The Morgan fingerprint density at radius 2 is 1.71 bits per heavy atom. The molecule has 0 atom stereocenters. The Bertz CT molecular complexity index is 1440. The molecule has 0 unspecified atom stereocenters. The van der Waals surface area contributed by atoms with Crippen LogP contribution in [0.5, 0.6) is 0 Å². The van der Waals surface area contributed by atoms with Crippen LogP contribution in [-0.4, -0.2) is 25.4 Å². The molecule has 2 heterocycles. The highest BCUT2D eigenvalue weighted by atomic mass is 16.4. The number of hydrogen-bond donors (Lipinski definition) is 1. The average Bonchev–Trinajstić information content (AvgIpc) is 3.37. The first kappa shape index (κ1) is 18.9. The first-order chi connectivity index (χ1) is 15.2. The van der Waals surface area contributed by atoms with Crippen LogP contribution in [0, 0.1) is 0 Å². The molecule has 5 rings (SSSR count). The molecule has 5 aromatic rings. The zero-order chi connectivity index (χ0) is 21.4. The number of fused-ring (bicyclic) bond motifs is 3. The molecule has 0 aliphatic rings. The number of aromatic nitrogens is 3. The quantitative estimate of drug-likeness (QED) is 0.377. The van der Waals surface area contributed by atoms with Gasteiger partial charge in [-0.1, -0.05) is 42.5 Å². The third kappa shape index (κ3) is 3.30. The topological polar surface area (TPSA) is 60.0 Å². The molecule has 0 saturated carbocycles. The summed E-state index contributed by atoms with van der Waals surface area (Å²) in [5.41, 5.74) is 5.76. The Morgan fingerprint density at radius 3 is 2.48 bits per heavy atom. The van der Waals surface area contributed by atoms with Crippen molar-refractivity contribution in [1.29, 1.82) is 0 Å². The third-order valence-electron chi connectivity index (χ3n) is 5.53. The Labute approximate surface area is 179 Å². The van der Waals surface area contributed by atoms with Crippen LogP contribution in [0.1, 0.15) is 12.5 Å². The number of benzene rings is 3. The van der Waals surface area contributed by atoms with Gasteiger partial charge in [-0.3, -0.25) is 0 Å². The standard InChI is InChI=1S/C26H21N3O2/c1-2-28-23-11-7-6-10-21(23)22-16-18(12-14-24(22)28)26-19(13-15-25(30)31)17-29(27-26)20-8-4-3-5-9-20/h3-17H,2H2,1H3,(H,30,31). The van der Waals surface area contributed by atoms with E-state index in [-0.39, 0.29) is 0 Å². The number of carboxylic acids is 1. The lowest BCUT2D eigenvalue weighted by molar-refractivity contribution is -0.131. The number of rotatable bonds is 5. The zero-order valence-corrected chi connectivity index (χ0v) is 17.1. The summed E-state index contributed by atoms with van der Waals surface area (Å²) in [5, 5.41) is 16.3. The number of aryl methyl sites for hydroxylation is 1. The van der Waals surface area contributed by atoms with Gasteiger partial charge in [0.15, 0.2) is 0 Å². The van der Waals surface area contributed by atoms with Crippen LogP contribution in [0.4, 0.5) is 0 Å². The first-order valence-corrected chi connectivity index (χ1v) is 10.2. The zero-order valence-electron chi connectivity index (χ0n) is 17.1. The number of hydrogen-bond acceptors (Lipinski definition) is 2. The number of nitrogens with zero attached hydrogens (tertiary/aromatic N) is 3. The van der Waals surface area contributed by atoms with E-state index >= 15 is 0 Å². The van der Waals surface area contributed by atoms with E-state index in [0.29, 0.717) is 0 Å². The Kier molecular flexibility index (Phi) is 4.64. The van der Waals surface area contributed by atoms with E-state index in [9.17, 15) is 4.79 Å². The molecule has 1 N–H and O–H groups in total. The van der Waals surface area contributed by atoms with Crippen molar-refractivity contribution >= 4 is 33.9 Å². The maximum atomic E-state index is 11.1. The van der Waals surface area contributed by atoms with E-state index in [1.807, 2.05) is 36.5 Å². The van der Waals surface area contributed by atoms with Crippen molar-refractivity contribution in [3.05, 3.63) is 90.6 Å². The summed E-state index contributed by atoms with van der Waals surface area (Å²) in [6, 6.07) is 24.5. The van der Waals surface area contributed by atoms with Gasteiger partial charge in [0.1, 0.15) is 0 Å². The van der Waals surface area contributed by atoms with Gasteiger partial charge < -0.3 is 9.67 Å². The van der Waals surface area contributed by atoms with Gasteiger partial charge in [0.25, 0.3) is 0 Å². The third-order valence-corrected chi connectivity index (χ3v) is 5.53. The second-order valence-corrected chi connectivity index (χ2v) is 7.38. The van der Waals surface area contributed by atoms with Crippen molar-refractivity contribution in [3.63, 3.8) is 0 Å². The molecule has 0 aliphatic carbocycles. The molecule has 0 bridgehead atoms.